The summed E-state index contributed by atoms with van der Waals surface area (Å²) in [4.78, 5) is 7.00. The Kier molecular flexibility index (Phi) is 6.27. The van der Waals surface area contributed by atoms with Gasteiger partial charge in [-0.15, -0.1) is 0 Å². The average Bonchev–Trinajstić information content (AvgIpc) is 2.97. The van der Waals surface area contributed by atoms with E-state index in [1.54, 1.807) is 0 Å². The molecule has 118 valence electrons. The normalized spacial score (nSPS) is 18.4. The Morgan fingerprint density at radius 2 is 2.29 bits per heavy atom. The zero-order valence-corrected chi connectivity index (χ0v) is 14.0. The molecule has 2 rings (SSSR count). The standard InChI is InChI=1S/C16H26ClN3O/c1-4-20(11-13-6-5-9-21-13)16-8-7-14(17)15(19-16)10-18-12(2)3/h7-8,12-13,18H,4-6,9-11H2,1-3H3. The molecule has 1 saturated heterocycles. The predicted octanol–water partition coefficient (Wildman–Crippen LogP) is 3.24. The highest BCUT2D eigenvalue weighted by atomic mass is 35.5. The zero-order valence-electron chi connectivity index (χ0n) is 13.2. The first-order valence-electron chi connectivity index (χ1n) is 7.85. The van der Waals surface area contributed by atoms with Gasteiger partial charge in [0.1, 0.15) is 5.82 Å². The Morgan fingerprint density at radius 3 is 2.90 bits per heavy atom. The van der Waals surface area contributed by atoms with Gasteiger partial charge in [0.15, 0.2) is 0 Å². The van der Waals surface area contributed by atoms with Gasteiger partial charge in [-0.1, -0.05) is 25.4 Å². The van der Waals surface area contributed by atoms with Crippen molar-refractivity contribution in [2.75, 3.05) is 24.6 Å². The molecule has 5 heteroatoms. The fourth-order valence-corrected chi connectivity index (χ4v) is 2.66. The molecule has 1 fully saturated rings. The van der Waals surface area contributed by atoms with Crippen LogP contribution in [0, 0.1) is 0 Å². The summed E-state index contributed by atoms with van der Waals surface area (Å²) in [6, 6.07) is 4.36. The van der Waals surface area contributed by atoms with Crippen LogP contribution in [0.5, 0.6) is 0 Å². The summed E-state index contributed by atoms with van der Waals surface area (Å²) in [5, 5.41) is 4.09. The Morgan fingerprint density at radius 1 is 1.48 bits per heavy atom. The third kappa shape index (κ3) is 4.83. The highest BCUT2D eigenvalue weighted by Gasteiger charge is 2.19. The molecule has 1 aromatic rings. The van der Waals surface area contributed by atoms with Crippen LogP contribution in [-0.4, -0.2) is 36.8 Å². The second kappa shape index (κ2) is 7.97. The summed E-state index contributed by atoms with van der Waals surface area (Å²) < 4.78 is 5.73. The number of ether oxygens (including phenoxy) is 1. The van der Waals surface area contributed by atoms with Gasteiger partial charge in [-0.05, 0) is 31.9 Å². The third-order valence-corrected chi connectivity index (χ3v) is 4.08. The number of nitrogens with zero attached hydrogens (tertiary/aromatic N) is 2. The molecule has 0 saturated carbocycles. The van der Waals surface area contributed by atoms with Gasteiger partial charge in [-0.25, -0.2) is 4.98 Å². The second-order valence-electron chi connectivity index (χ2n) is 5.81. The fourth-order valence-electron chi connectivity index (χ4n) is 2.49. The monoisotopic (exact) mass is 311 g/mol. The van der Waals surface area contributed by atoms with E-state index >= 15 is 0 Å². The Bertz CT molecular complexity index is 447. The third-order valence-electron chi connectivity index (χ3n) is 3.74. The number of nitrogens with one attached hydrogen (secondary N) is 1. The molecule has 1 aromatic heterocycles. The lowest BCUT2D eigenvalue weighted by Crippen LogP contribution is -2.33. The van der Waals surface area contributed by atoms with Crippen LogP contribution in [0.25, 0.3) is 0 Å². The van der Waals surface area contributed by atoms with Crippen LogP contribution in [-0.2, 0) is 11.3 Å². The number of likely N-dealkylation sites (N-methyl/N-ethyl adjacent to an activating group) is 1. The van der Waals surface area contributed by atoms with E-state index in [2.05, 4.69) is 31.0 Å². The van der Waals surface area contributed by atoms with E-state index in [1.165, 1.54) is 6.42 Å². The van der Waals surface area contributed by atoms with E-state index in [0.29, 0.717) is 18.7 Å². The lowest BCUT2D eigenvalue weighted by atomic mass is 10.2. The van der Waals surface area contributed by atoms with Crippen molar-refractivity contribution >= 4 is 17.4 Å². The lowest BCUT2D eigenvalue weighted by Gasteiger charge is -2.25. The number of aromatic nitrogens is 1. The summed E-state index contributed by atoms with van der Waals surface area (Å²) in [6.07, 6.45) is 2.64. The SMILES string of the molecule is CCN(CC1CCCO1)c1ccc(Cl)c(CNC(C)C)n1. The summed E-state index contributed by atoms with van der Waals surface area (Å²) in [6.45, 7) is 9.80. The summed E-state index contributed by atoms with van der Waals surface area (Å²) in [7, 11) is 0. The van der Waals surface area contributed by atoms with Crippen LogP contribution in [0.4, 0.5) is 5.82 Å². The van der Waals surface area contributed by atoms with Crippen molar-refractivity contribution in [3.8, 4) is 0 Å². The number of rotatable bonds is 7. The van der Waals surface area contributed by atoms with Crippen LogP contribution in [0.3, 0.4) is 0 Å². The van der Waals surface area contributed by atoms with Gasteiger partial charge in [0.2, 0.25) is 0 Å². The van der Waals surface area contributed by atoms with Gasteiger partial charge in [-0.2, -0.15) is 0 Å². The fraction of sp³-hybridized carbons (Fsp3) is 0.688. The van der Waals surface area contributed by atoms with E-state index in [1.807, 2.05) is 12.1 Å². The molecule has 1 aliphatic heterocycles. The Labute approximate surface area is 132 Å². The molecule has 0 bridgehead atoms. The maximum Gasteiger partial charge on any atom is 0.129 e. The summed E-state index contributed by atoms with van der Waals surface area (Å²) in [5.74, 6) is 0.984. The molecule has 1 aliphatic rings. The van der Waals surface area contributed by atoms with E-state index < -0.39 is 0 Å². The maximum absolute atomic E-state index is 6.25. The largest absolute Gasteiger partial charge is 0.376 e. The number of hydrogen-bond acceptors (Lipinski definition) is 4. The zero-order chi connectivity index (χ0) is 15.2. The number of pyridine rings is 1. The molecule has 0 aromatic carbocycles. The van der Waals surface area contributed by atoms with Gasteiger partial charge in [0, 0.05) is 32.3 Å². The van der Waals surface area contributed by atoms with Crippen molar-refractivity contribution in [2.24, 2.45) is 0 Å². The molecular weight excluding hydrogens is 286 g/mol. The van der Waals surface area contributed by atoms with Crippen molar-refractivity contribution in [1.82, 2.24) is 10.3 Å². The van der Waals surface area contributed by atoms with Crippen molar-refractivity contribution in [2.45, 2.75) is 52.3 Å². The molecule has 0 spiro atoms. The number of halogens is 1. The maximum atomic E-state index is 6.25. The molecule has 21 heavy (non-hydrogen) atoms. The summed E-state index contributed by atoms with van der Waals surface area (Å²) >= 11 is 6.25. The van der Waals surface area contributed by atoms with Crippen LogP contribution < -0.4 is 10.2 Å². The van der Waals surface area contributed by atoms with Gasteiger partial charge in [0.05, 0.1) is 16.8 Å². The van der Waals surface area contributed by atoms with Crippen LogP contribution in [0.1, 0.15) is 39.3 Å². The summed E-state index contributed by atoms with van der Waals surface area (Å²) in [5.41, 5.74) is 0.911. The van der Waals surface area contributed by atoms with Gasteiger partial charge in [0.25, 0.3) is 0 Å². The topological polar surface area (TPSA) is 37.4 Å². The quantitative estimate of drug-likeness (QED) is 0.839. The molecule has 4 nitrogen and oxygen atoms in total. The highest BCUT2D eigenvalue weighted by molar-refractivity contribution is 6.31. The molecular formula is C16H26ClN3O. The predicted molar refractivity (Wildman–Crippen MR) is 88.1 cm³/mol. The lowest BCUT2D eigenvalue weighted by molar-refractivity contribution is 0.115. The molecule has 0 amide bonds. The van der Waals surface area contributed by atoms with E-state index in [0.717, 1.165) is 42.7 Å². The van der Waals surface area contributed by atoms with Crippen molar-refractivity contribution in [3.63, 3.8) is 0 Å². The van der Waals surface area contributed by atoms with Gasteiger partial charge < -0.3 is 15.0 Å². The number of anilines is 1. The second-order valence-corrected chi connectivity index (χ2v) is 6.21. The van der Waals surface area contributed by atoms with Crippen molar-refractivity contribution < 1.29 is 4.74 Å². The molecule has 0 radical (unpaired) electrons. The smallest absolute Gasteiger partial charge is 0.129 e. The molecule has 0 aliphatic carbocycles. The molecule has 2 heterocycles. The minimum absolute atomic E-state index is 0.333. The Balaban J connectivity index is 2.07. The highest BCUT2D eigenvalue weighted by Crippen LogP contribution is 2.21. The van der Waals surface area contributed by atoms with Gasteiger partial charge in [-0.3, -0.25) is 0 Å². The van der Waals surface area contributed by atoms with Gasteiger partial charge >= 0.3 is 0 Å². The van der Waals surface area contributed by atoms with Crippen LogP contribution in [0.15, 0.2) is 12.1 Å². The first-order valence-corrected chi connectivity index (χ1v) is 8.23. The van der Waals surface area contributed by atoms with E-state index in [-0.39, 0.29) is 0 Å². The van der Waals surface area contributed by atoms with Crippen molar-refractivity contribution in [3.05, 3.63) is 22.8 Å². The average molecular weight is 312 g/mol. The minimum atomic E-state index is 0.333. The van der Waals surface area contributed by atoms with E-state index in [9.17, 15) is 0 Å². The number of hydrogen-bond donors (Lipinski definition) is 1. The van der Waals surface area contributed by atoms with Crippen LogP contribution >= 0.6 is 11.6 Å². The minimum Gasteiger partial charge on any atom is -0.376 e. The van der Waals surface area contributed by atoms with Crippen molar-refractivity contribution in [1.29, 1.82) is 0 Å². The molecule has 1 N–H and O–H groups in total. The van der Waals surface area contributed by atoms with E-state index in [4.69, 9.17) is 21.3 Å². The molecule has 1 atom stereocenters. The van der Waals surface area contributed by atoms with Crippen LogP contribution in [0.2, 0.25) is 5.02 Å². The first-order chi connectivity index (χ1) is 10.1. The molecule has 1 unspecified atom stereocenters. The first kappa shape index (κ1) is 16.5. The Hall–Kier alpha value is -0.840.